The Morgan fingerprint density at radius 3 is 1.52 bits per heavy atom. The highest BCUT2D eigenvalue weighted by Gasteiger charge is 2.17. The minimum atomic E-state index is 0.590. The Bertz CT molecular complexity index is 2450. The van der Waals surface area contributed by atoms with Gasteiger partial charge in [0.2, 0.25) is 5.89 Å². The Kier molecular flexibility index (Phi) is 6.03. The van der Waals surface area contributed by atoms with Gasteiger partial charge in [-0.3, -0.25) is 0 Å². The monoisotopic (exact) mass is 592 g/mol. The Hall–Kier alpha value is -6.40. The predicted molar refractivity (Wildman–Crippen MR) is 182 cm³/mol. The van der Waals surface area contributed by atoms with E-state index in [1.54, 1.807) is 0 Å². The van der Waals surface area contributed by atoms with Gasteiger partial charge in [-0.05, 0) is 35.4 Å². The van der Waals surface area contributed by atoms with Crippen LogP contribution in [0.25, 0.3) is 89.8 Å². The highest BCUT2D eigenvalue weighted by atomic mass is 16.4. The number of rotatable bonds is 5. The van der Waals surface area contributed by atoms with Crippen LogP contribution in [0.4, 0.5) is 0 Å². The zero-order chi connectivity index (χ0) is 30.5. The highest BCUT2D eigenvalue weighted by molar-refractivity contribution is 6.14. The van der Waals surface area contributed by atoms with Crippen molar-refractivity contribution in [2.24, 2.45) is 0 Å². The summed E-state index contributed by atoms with van der Waals surface area (Å²) in [5.41, 5.74) is 8.90. The van der Waals surface area contributed by atoms with E-state index in [2.05, 4.69) is 30.3 Å². The van der Waals surface area contributed by atoms with E-state index < -0.39 is 0 Å². The van der Waals surface area contributed by atoms with Gasteiger partial charge in [0, 0.05) is 39.1 Å². The fraction of sp³-hybridized carbons (Fsp3) is 0. The van der Waals surface area contributed by atoms with E-state index in [9.17, 15) is 0 Å². The van der Waals surface area contributed by atoms with Gasteiger partial charge in [0.1, 0.15) is 16.7 Å². The average Bonchev–Trinajstić information content (AvgIpc) is 3.72. The summed E-state index contributed by atoms with van der Waals surface area (Å²) in [4.78, 5) is 19.3. The van der Waals surface area contributed by atoms with Crippen LogP contribution in [-0.2, 0) is 0 Å². The Morgan fingerprint density at radius 2 is 0.913 bits per heavy atom. The molecule has 3 aromatic heterocycles. The number of hydrogen-bond acceptors (Lipinski definition) is 6. The molecule has 46 heavy (non-hydrogen) atoms. The molecule has 0 unspecified atom stereocenters. The average molecular weight is 593 g/mol. The van der Waals surface area contributed by atoms with Crippen LogP contribution in [0.1, 0.15) is 0 Å². The second-order valence-corrected chi connectivity index (χ2v) is 11.1. The van der Waals surface area contributed by atoms with Gasteiger partial charge in [-0.2, -0.15) is 0 Å². The molecule has 216 valence electrons. The first kappa shape index (κ1) is 26.0. The molecule has 6 aromatic carbocycles. The van der Waals surface area contributed by atoms with Crippen molar-refractivity contribution in [2.75, 3.05) is 0 Å². The third-order valence-corrected chi connectivity index (χ3v) is 8.18. The van der Waals surface area contributed by atoms with E-state index in [0.29, 0.717) is 23.4 Å². The third-order valence-electron chi connectivity index (χ3n) is 8.18. The van der Waals surface area contributed by atoms with Crippen LogP contribution >= 0.6 is 0 Å². The number of oxazole rings is 1. The van der Waals surface area contributed by atoms with Crippen LogP contribution in [0.2, 0.25) is 0 Å². The van der Waals surface area contributed by atoms with Crippen molar-refractivity contribution >= 4 is 33.0 Å². The summed E-state index contributed by atoms with van der Waals surface area (Å²) in [5.74, 6) is 2.48. The van der Waals surface area contributed by atoms with E-state index in [-0.39, 0.29) is 0 Å². The minimum absolute atomic E-state index is 0.590. The number of fused-ring (bicyclic) bond motifs is 4. The molecule has 0 amide bonds. The lowest BCUT2D eigenvalue weighted by Crippen LogP contribution is -2.00. The van der Waals surface area contributed by atoms with Gasteiger partial charge in [-0.25, -0.2) is 19.9 Å². The highest BCUT2D eigenvalue weighted by Crippen LogP contribution is 2.39. The SMILES string of the molecule is c1ccc(-c2nc(-c3ccccc3)nc(-c3ccc(-c4cccc5oc6cc7nc(-c8ccccc8)oc7cc6c45)cc3)n2)cc1. The van der Waals surface area contributed by atoms with E-state index in [4.69, 9.17) is 28.8 Å². The van der Waals surface area contributed by atoms with Gasteiger partial charge in [0.05, 0.1) is 0 Å². The molecule has 9 aromatic rings. The topological polar surface area (TPSA) is 77.8 Å². The van der Waals surface area contributed by atoms with E-state index in [1.807, 2.05) is 115 Å². The van der Waals surface area contributed by atoms with Gasteiger partial charge >= 0.3 is 0 Å². The standard InChI is InChI=1S/C40H24N4O2/c1-4-11-26(12-5-1)37-42-38(27-13-6-2-7-14-27)44-39(43-37)28-21-19-25(20-22-28)30-17-10-18-33-36(30)31-23-35-32(24-34(31)45-33)41-40(46-35)29-15-8-3-9-16-29/h1-24H. The maximum absolute atomic E-state index is 6.33. The van der Waals surface area contributed by atoms with Crippen molar-refractivity contribution in [3.8, 4) is 56.7 Å². The molecule has 0 N–H and O–H groups in total. The zero-order valence-corrected chi connectivity index (χ0v) is 24.5. The Labute approximate surface area is 263 Å². The summed E-state index contributed by atoms with van der Waals surface area (Å²) < 4.78 is 12.5. The molecule has 0 saturated carbocycles. The molecular formula is C40H24N4O2. The molecular weight excluding hydrogens is 568 g/mol. The van der Waals surface area contributed by atoms with E-state index in [1.165, 1.54) is 0 Å². The van der Waals surface area contributed by atoms with Crippen LogP contribution in [0.15, 0.2) is 154 Å². The lowest BCUT2D eigenvalue weighted by molar-refractivity contribution is 0.620. The molecule has 0 aliphatic carbocycles. The molecule has 0 aliphatic heterocycles. The summed E-state index contributed by atoms with van der Waals surface area (Å²) >= 11 is 0. The molecule has 6 nitrogen and oxygen atoms in total. The van der Waals surface area contributed by atoms with Crippen LogP contribution < -0.4 is 0 Å². The molecule has 0 spiro atoms. The number of nitrogens with zero attached hydrogens (tertiary/aromatic N) is 4. The van der Waals surface area contributed by atoms with Crippen LogP contribution in [0.3, 0.4) is 0 Å². The van der Waals surface area contributed by atoms with Crippen LogP contribution in [-0.4, -0.2) is 19.9 Å². The van der Waals surface area contributed by atoms with Crippen molar-refractivity contribution < 1.29 is 8.83 Å². The van der Waals surface area contributed by atoms with Gasteiger partial charge in [-0.1, -0.05) is 115 Å². The Morgan fingerprint density at radius 1 is 0.370 bits per heavy atom. The van der Waals surface area contributed by atoms with Gasteiger partial charge in [0.15, 0.2) is 23.1 Å². The maximum Gasteiger partial charge on any atom is 0.227 e. The molecule has 9 rings (SSSR count). The molecule has 0 fully saturated rings. The number of hydrogen-bond donors (Lipinski definition) is 0. The molecule has 0 aliphatic rings. The van der Waals surface area contributed by atoms with Gasteiger partial charge in [0.25, 0.3) is 0 Å². The van der Waals surface area contributed by atoms with E-state index >= 15 is 0 Å². The summed E-state index contributed by atoms with van der Waals surface area (Å²) in [7, 11) is 0. The fourth-order valence-electron chi connectivity index (χ4n) is 5.93. The maximum atomic E-state index is 6.33. The second-order valence-electron chi connectivity index (χ2n) is 11.1. The van der Waals surface area contributed by atoms with Gasteiger partial charge < -0.3 is 8.83 Å². The van der Waals surface area contributed by atoms with Crippen LogP contribution in [0, 0.1) is 0 Å². The lowest BCUT2D eigenvalue weighted by atomic mass is 9.98. The molecule has 0 atom stereocenters. The zero-order valence-electron chi connectivity index (χ0n) is 24.5. The molecule has 3 heterocycles. The molecule has 6 heteroatoms. The quantitative estimate of drug-likeness (QED) is 0.198. The minimum Gasteiger partial charge on any atom is -0.456 e. The summed E-state index contributed by atoms with van der Waals surface area (Å²) in [5, 5.41) is 2.01. The predicted octanol–water partition coefficient (Wildman–Crippen LogP) is 10.2. The van der Waals surface area contributed by atoms with Crippen molar-refractivity contribution in [1.82, 2.24) is 19.9 Å². The van der Waals surface area contributed by atoms with Crippen molar-refractivity contribution in [3.05, 3.63) is 146 Å². The van der Waals surface area contributed by atoms with E-state index in [0.717, 1.165) is 66.4 Å². The van der Waals surface area contributed by atoms with Gasteiger partial charge in [-0.15, -0.1) is 0 Å². The first-order chi connectivity index (χ1) is 22.8. The normalized spacial score (nSPS) is 11.5. The molecule has 0 radical (unpaired) electrons. The number of aromatic nitrogens is 4. The third kappa shape index (κ3) is 4.52. The molecule has 0 bridgehead atoms. The smallest absolute Gasteiger partial charge is 0.227 e. The lowest BCUT2D eigenvalue weighted by Gasteiger charge is -2.09. The fourth-order valence-corrected chi connectivity index (χ4v) is 5.93. The number of benzene rings is 6. The second kappa shape index (κ2) is 10.6. The first-order valence-electron chi connectivity index (χ1n) is 15.1. The van der Waals surface area contributed by atoms with Crippen molar-refractivity contribution in [3.63, 3.8) is 0 Å². The van der Waals surface area contributed by atoms with Crippen LogP contribution in [0.5, 0.6) is 0 Å². The summed E-state index contributed by atoms with van der Waals surface area (Å²) in [6, 6.07) is 48.4. The summed E-state index contributed by atoms with van der Waals surface area (Å²) in [6.45, 7) is 0. The first-order valence-corrected chi connectivity index (χ1v) is 15.1. The Balaban J connectivity index is 1.14. The molecule has 0 saturated heterocycles. The van der Waals surface area contributed by atoms with Crippen molar-refractivity contribution in [2.45, 2.75) is 0 Å². The van der Waals surface area contributed by atoms with Crippen molar-refractivity contribution in [1.29, 1.82) is 0 Å². The summed E-state index contributed by atoms with van der Waals surface area (Å²) in [6.07, 6.45) is 0. The number of furan rings is 1. The largest absolute Gasteiger partial charge is 0.456 e.